The number of hydrogen-bond acceptors (Lipinski definition) is 6. The first-order chi connectivity index (χ1) is 15.0. The Morgan fingerprint density at radius 1 is 1.26 bits per heavy atom. The summed E-state index contributed by atoms with van der Waals surface area (Å²) in [5.74, 6) is -0.721. The lowest BCUT2D eigenvalue weighted by atomic mass is 10.2. The molecular weight excluding hydrogens is 421 g/mol. The fraction of sp³-hybridized carbons (Fsp3) is 0.0952. The van der Waals surface area contributed by atoms with Crippen molar-refractivity contribution in [2.24, 2.45) is 0 Å². The van der Waals surface area contributed by atoms with Gasteiger partial charge in [0.15, 0.2) is 5.13 Å². The minimum atomic E-state index is -0.490. The number of nitrogens with zero attached hydrogens (tertiary/aromatic N) is 5. The molecule has 0 spiro atoms. The third-order valence-electron chi connectivity index (χ3n) is 4.45. The first-order valence-electron chi connectivity index (χ1n) is 9.27. The molecule has 10 heteroatoms. The summed E-state index contributed by atoms with van der Waals surface area (Å²) in [5.41, 5.74) is 1.07. The van der Waals surface area contributed by atoms with Crippen molar-refractivity contribution < 1.29 is 14.1 Å². The number of thiazole rings is 1. The Morgan fingerprint density at radius 3 is 2.90 bits per heavy atom. The average Bonchev–Trinajstić information content (AvgIpc) is 3.42. The third kappa shape index (κ3) is 4.81. The highest BCUT2D eigenvalue weighted by molar-refractivity contribution is 7.22. The number of rotatable bonds is 7. The zero-order chi connectivity index (χ0) is 21.8. The van der Waals surface area contributed by atoms with Crippen molar-refractivity contribution in [3.05, 3.63) is 88.5 Å². The van der Waals surface area contributed by atoms with Gasteiger partial charge in [-0.05, 0) is 35.9 Å². The van der Waals surface area contributed by atoms with Crippen LogP contribution in [0.25, 0.3) is 16.3 Å². The maximum atomic E-state index is 13.6. The molecule has 31 heavy (non-hydrogen) atoms. The summed E-state index contributed by atoms with van der Waals surface area (Å²) in [4.78, 5) is 29.4. The molecule has 0 saturated carbocycles. The van der Waals surface area contributed by atoms with Crippen LogP contribution in [0.2, 0.25) is 0 Å². The number of non-ortho nitro benzene ring substituents is 1. The van der Waals surface area contributed by atoms with E-state index in [0.717, 1.165) is 0 Å². The number of hydrogen-bond donors (Lipinski definition) is 0. The molecule has 0 fully saturated rings. The molecule has 0 bridgehead atoms. The molecule has 8 nitrogen and oxygen atoms in total. The fourth-order valence-electron chi connectivity index (χ4n) is 2.94. The van der Waals surface area contributed by atoms with Gasteiger partial charge in [0.05, 0.1) is 21.7 Å². The number of nitro benzene ring substituents is 1. The Bertz CT molecular complexity index is 1270. The van der Waals surface area contributed by atoms with E-state index in [9.17, 15) is 19.3 Å². The lowest BCUT2D eigenvalue weighted by Gasteiger charge is -2.18. The SMILES string of the molecule is O=C(/C=C/c1cccc([N+](=O)[O-])c1)N(CCn1cccn1)c1nc2ccc(F)cc2s1. The molecule has 1 amide bonds. The molecule has 0 radical (unpaired) electrons. The van der Waals surface area contributed by atoms with Crippen molar-refractivity contribution >= 4 is 44.4 Å². The summed E-state index contributed by atoms with van der Waals surface area (Å²) in [5, 5.41) is 15.5. The molecule has 4 rings (SSSR count). The van der Waals surface area contributed by atoms with Gasteiger partial charge in [-0.3, -0.25) is 24.5 Å². The summed E-state index contributed by atoms with van der Waals surface area (Å²) < 4.78 is 15.9. The number of amides is 1. The van der Waals surface area contributed by atoms with E-state index in [-0.39, 0.29) is 17.4 Å². The molecule has 0 atom stereocenters. The van der Waals surface area contributed by atoms with E-state index >= 15 is 0 Å². The Hall–Kier alpha value is -3.92. The Morgan fingerprint density at radius 2 is 2.13 bits per heavy atom. The highest BCUT2D eigenvalue weighted by Crippen LogP contribution is 2.29. The smallest absolute Gasteiger partial charge is 0.270 e. The van der Waals surface area contributed by atoms with E-state index in [2.05, 4.69) is 10.1 Å². The molecule has 0 aliphatic carbocycles. The predicted octanol–water partition coefficient (Wildman–Crippen LogP) is 4.29. The lowest BCUT2D eigenvalue weighted by molar-refractivity contribution is -0.384. The largest absolute Gasteiger partial charge is 0.283 e. The van der Waals surface area contributed by atoms with Gasteiger partial charge < -0.3 is 0 Å². The first-order valence-corrected chi connectivity index (χ1v) is 10.1. The maximum absolute atomic E-state index is 13.6. The summed E-state index contributed by atoms with van der Waals surface area (Å²) in [6.07, 6.45) is 6.29. The van der Waals surface area contributed by atoms with Crippen LogP contribution in [0.15, 0.2) is 67.0 Å². The lowest BCUT2D eigenvalue weighted by Crippen LogP contribution is -2.32. The second-order valence-corrected chi connectivity index (χ2v) is 7.56. The molecule has 4 aromatic rings. The van der Waals surface area contributed by atoms with E-state index in [1.54, 1.807) is 41.3 Å². The van der Waals surface area contributed by atoms with Gasteiger partial charge >= 0.3 is 0 Å². The Kier molecular flexibility index (Phi) is 5.80. The maximum Gasteiger partial charge on any atom is 0.270 e. The van der Waals surface area contributed by atoms with Gasteiger partial charge in [0.1, 0.15) is 5.82 Å². The van der Waals surface area contributed by atoms with E-state index in [0.29, 0.717) is 34.0 Å². The van der Waals surface area contributed by atoms with Crippen molar-refractivity contribution in [3.8, 4) is 0 Å². The van der Waals surface area contributed by atoms with Gasteiger partial charge in [-0.15, -0.1) is 0 Å². The summed E-state index contributed by atoms with van der Waals surface area (Å²) >= 11 is 1.21. The van der Waals surface area contributed by atoms with Gasteiger partial charge in [0.2, 0.25) is 0 Å². The van der Waals surface area contributed by atoms with Gasteiger partial charge in [-0.1, -0.05) is 23.5 Å². The zero-order valence-corrected chi connectivity index (χ0v) is 16.9. The molecule has 156 valence electrons. The first kappa shape index (κ1) is 20.4. The number of carbonyl (C=O) groups is 1. The van der Waals surface area contributed by atoms with Crippen LogP contribution in [-0.2, 0) is 11.3 Å². The minimum Gasteiger partial charge on any atom is -0.283 e. The van der Waals surface area contributed by atoms with Crippen molar-refractivity contribution in [1.82, 2.24) is 14.8 Å². The van der Waals surface area contributed by atoms with Gasteiger partial charge in [0, 0.05) is 37.1 Å². The number of anilines is 1. The highest BCUT2D eigenvalue weighted by Gasteiger charge is 2.18. The van der Waals surface area contributed by atoms with Crippen LogP contribution in [0, 0.1) is 15.9 Å². The van der Waals surface area contributed by atoms with Crippen molar-refractivity contribution in [2.45, 2.75) is 6.54 Å². The molecule has 0 aliphatic heterocycles. The molecule has 0 aliphatic rings. The quantitative estimate of drug-likeness (QED) is 0.244. The molecular formula is C21H16FN5O3S. The highest BCUT2D eigenvalue weighted by atomic mass is 32.1. The normalized spacial score (nSPS) is 11.3. The van der Waals surface area contributed by atoms with Gasteiger partial charge in [0.25, 0.3) is 11.6 Å². The molecule has 2 aromatic heterocycles. The topological polar surface area (TPSA) is 94.2 Å². The monoisotopic (exact) mass is 437 g/mol. The minimum absolute atomic E-state index is 0.0571. The summed E-state index contributed by atoms with van der Waals surface area (Å²) in [7, 11) is 0. The van der Waals surface area contributed by atoms with Crippen molar-refractivity contribution in [2.75, 3.05) is 11.4 Å². The van der Waals surface area contributed by atoms with E-state index in [1.165, 1.54) is 52.7 Å². The number of nitro groups is 1. The van der Waals surface area contributed by atoms with E-state index < -0.39 is 4.92 Å². The standard InChI is InChI=1S/C21H16FN5O3S/c22-16-6-7-18-19(14-16)31-21(24-18)26(12-11-25-10-2-9-23-25)20(28)8-5-15-3-1-4-17(13-15)27(29)30/h1-10,13-14H,11-12H2/b8-5+. The number of carbonyl (C=O) groups excluding carboxylic acids is 1. The summed E-state index contributed by atoms with van der Waals surface area (Å²) in [6.45, 7) is 0.732. The number of fused-ring (bicyclic) bond motifs is 1. The van der Waals surface area contributed by atoms with Gasteiger partial charge in [-0.25, -0.2) is 9.37 Å². The zero-order valence-electron chi connectivity index (χ0n) is 16.1. The van der Waals surface area contributed by atoms with Crippen LogP contribution in [-0.4, -0.2) is 32.1 Å². The Balaban J connectivity index is 1.61. The Labute approximate surface area is 180 Å². The molecule has 2 aromatic carbocycles. The average molecular weight is 437 g/mol. The van der Waals surface area contributed by atoms with Crippen LogP contribution >= 0.6 is 11.3 Å². The van der Waals surface area contributed by atoms with E-state index in [1.807, 2.05) is 0 Å². The number of benzene rings is 2. The molecule has 0 N–H and O–H groups in total. The van der Waals surface area contributed by atoms with Crippen LogP contribution in [0.5, 0.6) is 0 Å². The summed E-state index contributed by atoms with van der Waals surface area (Å²) in [6, 6.07) is 12.1. The second kappa shape index (κ2) is 8.84. The van der Waals surface area contributed by atoms with Crippen LogP contribution in [0.1, 0.15) is 5.56 Å². The predicted molar refractivity (Wildman–Crippen MR) is 116 cm³/mol. The number of aromatic nitrogens is 3. The molecule has 0 saturated heterocycles. The van der Waals surface area contributed by atoms with Gasteiger partial charge in [-0.2, -0.15) is 5.10 Å². The fourth-order valence-corrected chi connectivity index (χ4v) is 3.96. The van der Waals surface area contributed by atoms with Crippen LogP contribution < -0.4 is 4.90 Å². The van der Waals surface area contributed by atoms with E-state index in [4.69, 9.17) is 0 Å². The molecule has 2 heterocycles. The molecule has 0 unspecified atom stereocenters. The second-order valence-electron chi connectivity index (χ2n) is 6.55. The number of halogens is 1. The van der Waals surface area contributed by atoms with Crippen molar-refractivity contribution in [1.29, 1.82) is 0 Å². The third-order valence-corrected chi connectivity index (χ3v) is 5.49. The van der Waals surface area contributed by atoms with Crippen LogP contribution in [0.4, 0.5) is 15.2 Å². The van der Waals surface area contributed by atoms with Crippen molar-refractivity contribution in [3.63, 3.8) is 0 Å². The van der Waals surface area contributed by atoms with Crippen LogP contribution in [0.3, 0.4) is 0 Å².